The van der Waals surface area contributed by atoms with Crippen LogP contribution in [0.2, 0.25) is 0 Å². The monoisotopic (exact) mass is 228 g/mol. The lowest BCUT2D eigenvalue weighted by Gasteiger charge is -1.99. The zero-order valence-electron chi connectivity index (χ0n) is 9.95. The highest BCUT2D eigenvalue weighted by Crippen LogP contribution is 2.13. The van der Waals surface area contributed by atoms with E-state index in [1.807, 2.05) is 31.2 Å². The fourth-order valence-corrected chi connectivity index (χ4v) is 1.48. The molecule has 0 radical (unpaired) electrons. The van der Waals surface area contributed by atoms with E-state index in [1.165, 1.54) is 0 Å². The molecule has 1 unspecified atom stereocenters. The van der Waals surface area contributed by atoms with Crippen molar-refractivity contribution < 1.29 is 0 Å². The highest BCUT2D eigenvalue weighted by Gasteiger charge is 2.01. The molecule has 2 aliphatic rings. The average molecular weight is 228 g/mol. The van der Waals surface area contributed by atoms with Gasteiger partial charge in [0.05, 0.1) is 24.0 Å². The van der Waals surface area contributed by atoms with E-state index < -0.39 is 0 Å². The summed E-state index contributed by atoms with van der Waals surface area (Å²) in [6, 6.07) is 0.0789. The van der Waals surface area contributed by atoms with Gasteiger partial charge in [-0.25, -0.2) is 0 Å². The summed E-state index contributed by atoms with van der Waals surface area (Å²) < 4.78 is 0. The second kappa shape index (κ2) is 6.03. The number of rotatable bonds is 5. The second-order valence-electron chi connectivity index (χ2n) is 4.07. The van der Waals surface area contributed by atoms with Crippen molar-refractivity contribution in [1.82, 2.24) is 0 Å². The Morgan fingerprint density at radius 3 is 2.29 bits per heavy atom. The molecule has 0 aromatic rings. The van der Waals surface area contributed by atoms with Crippen LogP contribution in [0.25, 0.3) is 0 Å². The van der Waals surface area contributed by atoms with Crippen LogP contribution >= 0.6 is 0 Å². The first-order valence-corrected chi connectivity index (χ1v) is 5.84. The van der Waals surface area contributed by atoms with Crippen LogP contribution in [-0.4, -0.2) is 12.6 Å². The van der Waals surface area contributed by atoms with Crippen LogP contribution in [0.1, 0.15) is 19.8 Å². The summed E-state index contributed by atoms with van der Waals surface area (Å²) in [6.45, 7) is 2.58. The molecule has 0 amide bonds. The average Bonchev–Trinajstić information content (AvgIpc) is 2.99. The maximum absolute atomic E-state index is 4.20. The van der Waals surface area contributed by atoms with Gasteiger partial charge in [-0.05, 0) is 19.1 Å². The van der Waals surface area contributed by atoms with E-state index in [-0.39, 0.29) is 6.04 Å². The molecular formula is C13H16N4. The third-order valence-corrected chi connectivity index (χ3v) is 2.43. The molecule has 0 aromatic carbocycles. The Labute approximate surface area is 101 Å². The van der Waals surface area contributed by atoms with E-state index in [4.69, 9.17) is 0 Å². The molecule has 0 saturated heterocycles. The number of azo groups is 2. The van der Waals surface area contributed by atoms with Gasteiger partial charge in [0, 0.05) is 12.8 Å². The zero-order valence-corrected chi connectivity index (χ0v) is 9.95. The van der Waals surface area contributed by atoms with Gasteiger partial charge in [-0.3, -0.25) is 0 Å². The fourth-order valence-electron chi connectivity index (χ4n) is 1.48. The largest absolute Gasteiger partial charge is 0.187 e. The Morgan fingerprint density at radius 2 is 1.71 bits per heavy atom. The summed E-state index contributed by atoms with van der Waals surface area (Å²) in [6.07, 6.45) is 13.9. The van der Waals surface area contributed by atoms with Crippen molar-refractivity contribution in [3.05, 3.63) is 47.9 Å². The van der Waals surface area contributed by atoms with Gasteiger partial charge in [-0.2, -0.15) is 20.5 Å². The van der Waals surface area contributed by atoms with E-state index in [2.05, 4.69) is 32.6 Å². The van der Waals surface area contributed by atoms with Gasteiger partial charge >= 0.3 is 0 Å². The molecule has 0 fully saturated rings. The molecule has 2 rings (SSSR count). The van der Waals surface area contributed by atoms with E-state index in [9.17, 15) is 0 Å². The summed E-state index contributed by atoms with van der Waals surface area (Å²) >= 11 is 0. The molecule has 4 heteroatoms. The summed E-state index contributed by atoms with van der Waals surface area (Å²) in [7, 11) is 0. The smallest absolute Gasteiger partial charge is 0.0897 e. The quantitative estimate of drug-likeness (QED) is 0.639. The Morgan fingerprint density at radius 1 is 1.06 bits per heavy atom. The zero-order chi connectivity index (χ0) is 11.9. The van der Waals surface area contributed by atoms with E-state index in [1.54, 1.807) is 0 Å². The van der Waals surface area contributed by atoms with Gasteiger partial charge in [0.25, 0.3) is 0 Å². The Bertz CT molecular complexity index is 438. The van der Waals surface area contributed by atoms with Crippen molar-refractivity contribution >= 4 is 0 Å². The van der Waals surface area contributed by atoms with Crippen LogP contribution < -0.4 is 0 Å². The maximum atomic E-state index is 4.20. The van der Waals surface area contributed by atoms with Crippen LogP contribution in [0, 0.1) is 0 Å². The molecule has 0 aliphatic heterocycles. The van der Waals surface area contributed by atoms with Gasteiger partial charge in [0.15, 0.2) is 0 Å². The standard InChI is InChI=1S/C13H16N4/c1-11(15-17-13-8-4-5-9-13)10-14-16-12-6-2-3-7-12/h2-6,8,11H,7,9-10H2,1H3. The highest BCUT2D eigenvalue weighted by molar-refractivity contribution is 5.21. The van der Waals surface area contributed by atoms with Crippen molar-refractivity contribution in [2.45, 2.75) is 25.8 Å². The molecule has 0 saturated carbocycles. The SMILES string of the molecule is CC(CN=NC1=CC=CC1)N=NC1=CC=CC1. The normalized spacial score (nSPS) is 20.5. The molecule has 4 nitrogen and oxygen atoms in total. The van der Waals surface area contributed by atoms with Gasteiger partial charge in [-0.15, -0.1) is 0 Å². The summed E-state index contributed by atoms with van der Waals surface area (Å²) in [5, 5.41) is 16.6. The minimum absolute atomic E-state index is 0.0789. The number of hydrogen-bond donors (Lipinski definition) is 0. The van der Waals surface area contributed by atoms with E-state index in [0.717, 1.165) is 24.2 Å². The first-order chi connectivity index (χ1) is 8.34. The Kier molecular flexibility index (Phi) is 4.13. The van der Waals surface area contributed by atoms with Crippen molar-refractivity contribution in [2.24, 2.45) is 20.5 Å². The lowest BCUT2D eigenvalue weighted by molar-refractivity contribution is 0.683. The lowest BCUT2D eigenvalue weighted by atomic mass is 10.4. The predicted octanol–water partition coefficient (Wildman–Crippen LogP) is 3.97. The molecular weight excluding hydrogens is 212 g/mol. The molecule has 0 bridgehead atoms. The second-order valence-corrected chi connectivity index (χ2v) is 4.07. The lowest BCUT2D eigenvalue weighted by Crippen LogP contribution is -2.01. The highest BCUT2D eigenvalue weighted by atomic mass is 15.2. The van der Waals surface area contributed by atoms with Crippen LogP contribution in [-0.2, 0) is 0 Å². The predicted molar refractivity (Wildman–Crippen MR) is 67.7 cm³/mol. The van der Waals surface area contributed by atoms with Gasteiger partial charge < -0.3 is 0 Å². The van der Waals surface area contributed by atoms with Gasteiger partial charge in [-0.1, -0.05) is 24.3 Å². The van der Waals surface area contributed by atoms with Crippen molar-refractivity contribution in [2.75, 3.05) is 6.54 Å². The van der Waals surface area contributed by atoms with Gasteiger partial charge in [0.2, 0.25) is 0 Å². The first-order valence-electron chi connectivity index (χ1n) is 5.84. The van der Waals surface area contributed by atoms with E-state index in [0.29, 0.717) is 6.54 Å². The van der Waals surface area contributed by atoms with Crippen molar-refractivity contribution in [3.8, 4) is 0 Å². The first kappa shape index (κ1) is 11.6. The molecule has 0 heterocycles. The van der Waals surface area contributed by atoms with Crippen molar-refractivity contribution in [1.29, 1.82) is 0 Å². The molecule has 0 spiro atoms. The molecule has 0 N–H and O–H groups in total. The number of allylic oxidation sites excluding steroid dienone is 6. The van der Waals surface area contributed by atoms with Crippen LogP contribution in [0.15, 0.2) is 68.3 Å². The topological polar surface area (TPSA) is 49.4 Å². The fraction of sp³-hybridized carbons (Fsp3) is 0.385. The van der Waals surface area contributed by atoms with Gasteiger partial charge in [0.1, 0.15) is 0 Å². The molecule has 88 valence electrons. The molecule has 0 aromatic heterocycles. The van der Waals surface area contributed by atoms with Crippen LogP contribution in [0.4, 0.5) is 0 Å². The van der Waals surface area contributed by atoms with Crippen molar-refractivity contribution in [3.63, 3.8) is 0 Å². The number of nitrogens with zero attached hydrogens (tertiary/aromatic N) is 4. The van der Waals surface area contributed by atoms with Crippen LogP contribution in [0.5, 0.6) is 0 Å². The summed E-state index contributed by atoms with van der Waals surface area (Å²) in [4.78, 5) is 0. The van der Waals surface area contributed by atoms with E-state index >= 15 is 0 Å². The third kappa shape index (κ3) is 3.90. The minimum Gasteiger partial charge on any atom is -0.187 e. The molecule has 17 heavy (non-hydrogen) atoms. The molecule has 1 atom stereocenters. The minimum atomic E-state index is 0.0789. The Hall–Kier alpha value is -1.84. The molecule has 2 aliphatic carbocycles. The number of hydrogen-bond acceptors (Lipinski definition) is 4. The summed E-state index contributed by atoms with van der Waals surface area (Å²) in [5.74, 6) is 0. The summed E-state index contributed by atoms with van der Waals surface area (Å²) in [5.41, 5.74) is 2.02. The third-order valence-electron chi connectivity index (χ3n) is 2.43. The van der Waals surface area contributed by atoms with Crippen LogP contribution in [0.3, 0.4) is 0 Å². The maximum Gasteiger partial charge on any atom is 0.0897 e. The Balaban J connectivity index is 1.71.